The van der Waals surface area contributed by atoms with Crippen molar-refractivity contribution in [2.75, 3.05) is 0 Å². The van der Waals surface area contributed by atoms with Gasteiger partial charge in [0.1, 0.15) is 5.54 Å². The zero-order chi connectivity index (χ0) is 13.1. The maximum Gasteiger partial charge on any atom is 0.252 e. The Morgan fingerprint density at radius 1 is 1.59 bits per heavy atom. The predicted octanol–water partition coefficient (Wildman–Crippen LogP) is 3.18. The minimum Gasteiger partial charge on any atom is -0.334 e. The number of hydrogen-bond acceptors (Lipinski definition) is 2. The normalized spacial score (nSPS) is 13.6. The Morgan fingerprint density at radius 2 is 2.24 bits per heavy atom. The van der Waals surface area contributed by atoms with E-state index >= 15 is 0 Å². The monoisotopic (exact) mass is 294 g/mol. The summed E-state index contributed by atoms with van der Waals surface area (Å²) in [5.74, 6) is -0.207. The third-order valence-electron chi connectivity index (χ3n) is 2.78. The molecule has 1 amide bonds. The van der Waals surface area contributed by atoms with E-state index < -0.39 is 5.54 Å². The Kier molecular flexibility index (Phi) is 4.30. The fourth-order valence-electron chi connectivity index (χ4n) is 1.40. The highest BCUT2D eigenvalue weighted by atomic mass is 79.9. The predicted molar refractivity (Wildman–Crippen MR) is 70.7 cm³/mol. The van der Waals surface area contributed by atoms with Crippen LogP contribution in [-0.2, 0) is 0 Å². The fourth-order valence-corrected chi connectivity index (χ4v) is 1.87. The molecule has 0 bridgehead atoms. The van der Waals surface area contributed by atoms with Crippen molar-refractivity contribution in [3.05, 3.63) is 33.8 Å². The first-order valence-electron chi connectivity index (χ1n) is 5.42. The summed E-state index contributed by atoms with van der Waals surface area (Å²) < 4.78 is 0.935. The van der Waals surface area contributed by atoms with Gasteiger partial charge in [0.15, 0.2) is 0 Å². The number of hydrogen-bond donors (Lipinski definition) is 1. The lowest BCUT2D eigenvalue weighted by molar-refractivity contribution is 0.0922. The van der Waals surface area contributed by atoms with Crippen molar-refractivity contribution in [3.8, 4) is 6.07 Å². The van der Waals surface area contributed by atoms with E-state index in [4.69, 9.17) is 5.26 Å². The van der Waals surface area contributed by atoms with Crippen LogP contribution in [0.1, 0.15) is 36.2 Å². The van der Waals surface area contributed by atoms with Crippen LogP contribution in [0.4, 0.5) is 0 Å². The summed E-state index contributed by atoms with van der Waals surface area (Å²) in [6.45, 7) is 5.46. The average Bonchev–Trinajstić information content (AvgIpc) is 2.28. The molecule has 1 rings (SSSR count). The molecule has 4 heteroatoms. The highest BCUT2D eigenvalue weighted by Gasteiger charge is 2.24. The van der Waals surface area contributed by atoms with Crippen LogP contribution in [0.2, 0.25) is 0 Å². The summed E-state index contributed by atoms with van der Waals surface area (Å²) in [6.07, 6.45) is 0.574. The van der Waals surface area contributed by atoms with Crippen molar-refractivity contribution in [1.82, 2.24) is 5.32 Å². The molecule has 1 N–H and O–H groups in total. The fraction of sp³-hybridized carbons (Fsp3) is 0.385. The molecule has 0 spiro atoms. The number of carbonyl (C=O) groups excluding carboxylic acids is 1. The highest BCUT2D eigenvalue weighted by molar-refractivity contribution is 9.10. The molecule has 1 aromatic carbocycles. The largest absolute Gasteiger partial charge is 0.334 e. The van der Waals surface area contributed by atoms with E-state index in [1.54, 1.807) is 13.0 Å². The molecule has 0 aliphatic heterocycles. The molecule has 0 saturated heterocycles. The average molecular weight is 295 g/mol. The molecule has 0 aliphatic carbocycles. The highest BCUT2D eigenvalue weighted by Crippen LogP contribution is 2.17. The first-order chi connectivity index (χ1) is 7.91. The summed E-state index contributed by atoms with van der Waals surface area (Å²) in [5, 5.41) is 11.8. The molecule has 90 valence electrons. The van der Waals surface area contributed by atoms with Crippen molar-refractivity contribution in [3.63, 3.8) is 0 Å². The third-order valence-corrected chi connectivity index (χ3v) is 3.27. The number of benzene rings is 1. The van der Waals surface area contributed by atoms with Gasteiger partial charge in [-0.1, -0.05) is 22.9 Å². The molecule has 3 nitrogen and oxygen atoms in total. The van der Waals surface area contributed by atoms with Gasteiger partial charge in [-0.05, 0) is 44.0 Å². The second kappa shape index (κ2) is 5.33. The van der Waals surface area contributed by atoms with Crippen LogP contribution < -0.4 is 5.32 Å². The molecule has 0 heterocycles. The first-order valence-corrected chi connectivity index (χ1v) is 6.21. The molecule has 0 aliphatic rings. The Labute approximate surface area is 110 Å². The van der Waals surface area contributed by atoms with E-state index in [1.807, 2.05) is 26.0 Å². The van der Waals surface area contributed by atoms with E-state index in [9.17, 15) is 4.79 Å². The number of carbonyl (C=O) groups is 1. The SMILES string of the molecule is CCC(C)(C#N)NC(=O)c1ccc(Br)cc1C. The van der Waals surface area contributed by atoms with Gasteiger partial charge in [-0.15, -0.1) is 0 Å². The van der Waals surface area contributed by atoms with Crippen LogP contribution in [0, 0.1) is 18.3 Å². The molecule has 17 heavy (non-hydrogen) atoms. The van der Waals surface area contributed by atoms with Gasteiger partial charge in [0, 0.05) is 10.0 Å². The molecule has 1 atom stereocenters. The van der Waals surface area contributed by atoms with Crippen LogP contribution in [0.25, 0.3) is 0 Å². The number of nitriles is 1. The number of rotatable bonds is 3. The first kappa shape index (κ1) is 13.7. The lowest BCUT2D eigenvalue weighted by Crippen LogP contribution is -2.44. The molecular formula is C13H15BrN2O. The van der Waals surface area contributed by atoms with E-state index in [0.29, 0.717) is 12.0 Å². The van der Waals surface area contributed by atoms with Gasteiger partial charge < -0.3 is 5.32 Å². The molecule has 1 aromatic rings. The number of halogens is 1. The molecule has 0 fully saturated rings. The summed E-state index contributed by atoms with van der Waals surface area (Å²) in [5.41, 5.74) is 0.674. The molecule has 0 saturated carbocycles. The molecule has 0 radical (unpaired) electrons. The second-order valence-electron chi connectivity index (χ2n) is 4.21. The number of aryl methyl sites for hydroxylation is 1. The van der Waals surface area contributed by atoms with E-state index in [0.717, 1.165) is 10.0 Å². The standard InChI is InChI=1S/C13H15BrN2O/c1-4-13(3,8-15)16-12(17)11-6-5-10(14)7-9(11)2/h5-7H,4H2,1-3H3,(H,16,17). The van der Waals surface area contributed by atoms with Gasteiger partial charge in [-0.3, -0.25) is 4.79 Å². The summed E-state index contributed by atoms with van der Waals surface area (Å²) in [4.78, 5) is 12.0. The lowest BCUT2D eigenvalue weighted by atomic mass is 9.99. The van der Waals surface area contributed by atoms with Gasteiger partial charge in [-0.25, -0.2) is 0 Å². The van der Waals surface area contributed by atoms with Gasteiger partial charge in [0.25, 0.3) is 5.91 Å². The Hall–Kier alpha value is -1.34. The summed E-state index contributed by atoms with van der Waals surface area (Å²) in [6, 6.07) is 7.57. The third kappa shape index (κ3) is 3.31. The van der Waals surface area contributed by atoms with Gasteiger partial charge in [0.2, 0.25) is 0 Å². The molecular weight excluding hydrogens is 280 g/mol. The van der Waals surface area contributed by atoms with E-state index in [-0.39, 0.29) is 5.91 Å². The zero-order valence-corrected chi connectivity index (χ0v) is 11.8. The number of nitrogens with zero attached hydrogens (tertiary/aromatic N) is 1. The van der Waals surface area contributed by atoms with E-state index in [2.05, 4.69) is 27.3 Å². The van der Waals surface area contributed by atoms with Crippen molar-refractivity contribution in [2.45, 2.75) is 32.7 Å². The van der Waals surface area contributed by atoms with Crippen molar-refractivity contribution >= 4 is 21.8 Å². The Morgan fingerprint density at radius 3 is 2.71 bits per heavy atom. The Balaban J connectivity index is 2.95. The Bertz CT molecular complexity index is 479. The van der Waals surface area contributed by atoms with Crippen LogP contribution in [0.5, 0.6) is 0 Å². The van der Waals surface area contributed by atoms with Gasteiger partial charge >= 0.3 is 0 Å². The van der Waals surface area contributed by atoms with Crippen LogP contribution in [0.3, 0.4) is 0 Å². The quantitative estimate of drug-likeness (QED) is 0.931. The summed E-state index contributed by atoms with van der Waals surface area (Å²) >= 11 is 3.35. The maximum absolute atomic E-state index is 12.0. The maximum atomic E-state index is 12.0. The van der Waals surface area contributed by atoms with Crippen LogP contribution in [0.15, 0.2) is 22.7 Å². The minimum atomic E-state index is -0.809. The number of nitrogens with one attached hydrogen (secondary N) is 1. The van der Waals surface area contributed by atoms with Crippen LogP contribution >= 0.6 is 15.9 Å². The topological polar surface area (TPSA) is 52.9 Å². The van der Waals surface area contributed by atoms with Crippen molar-refractivity contribution in [2.24, 2.45) is 0 Å². The second-order valence-corrected chi connectivity index (χ2v) is 5.13. The van der Waals surface area contributed by atoms with Gasteiger partial charge in [0.05, 0.1) is 6.07 Å². The van der Waals surface area contributed by atoms with E-state index in [1.165, 1.54) is 0 Å². The van der Waals surface area contributed by atoms with Gasteiger partial charge in [-0.2, -0.15) is 5.26 Å². The van der Waals surface area contributed by atoms with Crippen molar-refractivity contribution in [1.29, 1.82) is 5.26 Å². The zero-order valence-electron chi connectivity index (χ0n) is 10.2. The number of amides is 1. The molecule has 0 aromatic heterocycles. The van der Waals surface area contributed by atoms with Crippen LogP contribution in [-0.4, -0.2) is 11.4 Å². The smallest absolute Gasteiger partial charge is 0.252 e. The van der Waals surface area contributed by atoms with Crippen molar-refractivity contribution < 1.29 is 4.79 Å². The molecule has 1 unspecified atom stereocenters. The summed E-state index contributed by atoms with van der Waals surface area (Å²) in [7, 11) is 0. The lowest BCUT2D eigenvalue weighted by Gasteiger charge is -2.21. The minimum absolute atomic E-state index is 0.207.